The quantitative estimate of drug-likeness (QED) is 0.574. The molecule has 1 fully saturated rings. The first-order chi connectivity index (χ1) is 7.04. The second-order valence-corrected chi connectivity index (χ2v) is 6.68. The Morgan fingerprint density at radius 3 is 2.67 bits per heavy atom. The molecule has 0 aliphatic heterocycles. The fraction of sp³-hybridized carbons (Fsp3) is 0.818. The van der Waals surface area contributed by atoms with Crippen LogP contribution in [0.25, 0.3) is 0 Å². The molecular weight excluding hydrogens is 210 g/mol. The summed E-state index contributed by atoms with van der Waals surface area (Å²) in [6.07, 6.45) is 10.7. The van der Waals surface area contributed by atoms with Crippen molar-refractivity contribution >= 4 is 10.0 Å². The van der Waals surface area contributed by atoms with Gasteiger partial charge in [0.2, 0.25) is 10.0 Å². The zero-order chi connectivity index (χ0) is 10.9. The predicted octanol–water partition coefficient (Wildman–Crippen LogP) is 1.53. The van der Waals surface area contributed by atoms with Gasteiger partial charge in [-0.25, -0.2) is 13.1 Å². The molecule has 3 unspecified atom stereocenters. The standard InChI is InChI=1S/C11H19NO2S/c1-15(13,14)12-6-2-3-10-7-9-4-5-11(10)8-9/h4-5,9-12H,2-3,6-8H2,1H3. The third-order valence-electron chi connectivity index (χ3n) is 3.53. The maximum absolute atomic E-state index is 10.8. The van der Waals surface area contributed by atoms with Gasteiger partial charge in [0.05, 0.1) is 6.26 Å². The molecule has 1 N–H and O–H groups in total. The molecule has 0 saturated heterocycles. The molecule has 2 aliphatic rings. The SMILES string of the molecule is CS(=O)(=O)NCCCC1CC2C=CC1C2. The second-order valence-electron chi connectivity index (χ2n) is 4.85. The van der Waals surface area contributed by atoms with Crippen molar-refractivity contribution < 1.29 is 8.42 Å². The molecular formula is C11H19NO2S. The van der Waals surface area contributed by atoms with Crippen LogP contribution in [0, 0.1) is 17.8 Å². The van der Waals surface area contributed by atoms with Gasteiger partial charge in [0.1, 0.15) is 0 Å². The number of rotatable bonds is 5. The Bertz CT molecular complexity index is 348. The molecule has 0 heterocycles. The second kappa shape index (κ2) is 4.26. The van der Waals surface area contributed by atoms with E-state index in [0.717, 1.165) is 30.6 Å². The van der Waals surface area contributed by atoms with E-state index in [-0.39, 0.29) is 0 Å². The molecule has 2 bridgehead atoms. The Kier molecular flexibility index (Phi) is 3.16. The molecule has 3 atom stereocenters. The van der Waals surface area contributed by atoms with Crippen molar-refractivity contribution in [3.8, 4) is 0 Å². The molecule has 1 saturated carbocycles. The lowest BCUT2D eigenvalue weighted by Gasteiger charge is -2.17. The highest BCUT2D eigenvalue weighted by molar-refractivity contribution is 7.88. The van der Waals surface area contributed by atoms with E-state index in [0.29, 0.717) is 6.54 Å². The summed E-state index contributed by atoms with van der Waals surface area (Å²) in [5.41, 5.74) is 0. The van der Waals surface area contributed by atoms with Gasteiger partial charge in [-0.3, -0.25) is 0 Å². The van der Waals surface area contributed by atoms with Crippen LogP contribution in [0.5, 0.6) is 0 Å². The lowest BCUT2D eigenvalue weighted by atomic mass is 9.89. The molecule has 15 heavy (non-hydrogen) atoms. The van der Waals surface area contributed by atoms with E-state index in [2.05, 4.69) is 16.9 Å². The normalized spacial score (nSPS) is 33.8. The number of nitrogens with one attached hydrogen (secondary N) is 1. The van der Waals surface area contributed by atoms with Gasteiger partial charge < -0.3 is 0 Å². The van der Waals surface area contributed by atoms with E-state index in [4.69, 9.17) is 0 Å². The Hall–Kier alpha value is -0.350. The maximum atomic E-state index is 10.8. The first-order valence-corrected chi connectivity index (χ1v) is 7.57. The zero-order valence-electron chi connectivity index (χ0n) is 9.15. The molecule has 0 radical (unpaired) electrons. The van der Waals surface area contributed by atoms with Gasteiger partial charge >= 0.3 is 0 Å². The van der Waals surface area contributed by atoms with Crippen molar-refractivity contribution in [3.05, 3.63) is 12.2 Å². The number of sulfonamides is 1. The van der Waals surface area contributed by atoms with Crippen molar-refractivity contribution in [1.29, 1.82) is 0 Å². The van der Waals surface area contributed by atoms with Crippen molar-refractivity contribution in [2.24, 2.45) is 17.8 Å². The zero-order valence-corrected chi connectivity index (χ0v) is 9.96. The lowest BCUT2D eigenvalue weighted by Crippen LogP contribution is -2.23. The summed E-state index contributed by atoms with van der Waals surface area (Å²) in [4.78, 5) is 0. The molecule has 2 aliphatic carbocycles. The average Bonchev–Trinajstić information content (AvgIpc) is 2.71. The van der Waals surface area contributed by atoms with Gasteiger partial charge in [0.25, 0.3) is 0 Å². The topological polar surface area (TPSA) is 46.2 Å². The van der Waals surface area contributed by atoms with Crippen LogP contribution >= 0.6 is 0 Å². The molecule has 3 nitrogen and oxygen atoms in total. The number of hydrogen-bond donors (Lipinski definition) is 1. The van der Waals surface area contributed by atoms with Gasteiger partial charge in [-0.05, 0) is 43.4 Å². The van der Waals surface area contributed by atoms with Crippen LogP contribution in [-0.2, 0) is 10.0 Å². The van der Waals surface area contributed by atoms with Crippen molar-refractivity contribution in [2.75, 3.05) is 12.8 Å². The molecule has 86 valence electrons. The molecule has 0 amide bonds. The van der Waals surface area contributed by atoms with Gasteiger partial charge in [0, 0.05) is 6.54 Å². The van der Waals surface area contributed by atoms with Crippen LogP contribution in [0.2, 0.25) is 0 Å². The summed E-state index contributed by atoms with van der Waals surface area (Å²) < 4.78 is 24.2. The molecule has 0 aromatic carbocycles. The van der Waals surface area contributed by atoms with Gasteiger partial charge in [-0.15, -0.1) is 0 Å². The van der Waals surface area contributed by atoms with E-state index in [1.54, 1.807) is 0 Å². The van der Waals surface area contributed by atoms with Gasteiger partial charge in [-0.2, -0.15) is 0 Å². The van der Waals surface area contributed by atoms with Crippen LogP contribution in [0.4, 0.5) is 0 Å². The lowest BCUT2D eigenvalue weighted by molar-refractivity contribution is 0.404. The first-order valence-electron chi connectivity index (χ1n) is 5.67. The molecule has 0 spiro atoms. The monoisotopic (exact) mass is 229 g/mol. The average molecular weight is 229 g/mol. The summed E-state index contributed by atoms with van der Waals surface area (Å²) in [5, 5.41) is 0. The van der Waals surface area contributed by atoms with Crippen LogP contribution in [0.15, 0.2) is 12.2 Å². The smallest absolute Gasteiger partial charge is 0.208 e. The summed E-state index contributed by atoms with van der Waals surface area (Å²) in [5.74, 6) is 2.41. The Balaban J connectivity index is 1.65. The van der Waals surface area contributed by atoms with Crippen LogP contribution in [-0.4, -0.2) is 21.2 Å². The summed E-state index contributed by atoms with van der Waals surface area (Å²) in [7, 11) is -2.99. The number of hydrogen-bond acceptors (Lipinski definition) is 2. The van der Waals surface area contributed by atoms with Crippen LogP contribution in [0.1, 0.15) is 25.7 Å². The highest BCUT2D eigenvalue weighted by atomic mass is 32.2. The van der Waals surface area contributed by atoms with Crippen molar-refractivity contribution in [2.45, 2.75) is 25.7 Å². The van der Waals surface area contributed by atoms with Gasteiger partial charge in [0.15, 0.2) is 0 Å². The fourth-order valence-corrected chi connectivity index (χ4v) is 3.36. The van der Waals surface area contributed by atoms with E-state index in [9.17, 15) is 8.42 Å². The Morgan fingerprint density at radius 1 is 1.33 bits per heavy atom. The molecule has 2 rings (SSSR count). The Morgan fingerprint density at radius 2 is 2.13 bits per heavy atom. The van der Waals surface area contributed by atoms with Gasteiger partial charge in [-0.1, -0.05) is 12.2 Å². The Labute approximate surface area is 92.0 Å². The minimum absolute atomic E-state index is 0.594. The van der Waals surface area contributed by atoms with Crippen LogP contribution in [0.3, 0.4) is 0 Å². The largest absolute Gasteiger partial charge is 0.215 e. The third-order valence-corrected chi connectivity index (χ3v) is 4.26. The minimum atomic E-state index is -2.99. The fourth-order valence-electron chi connectivity index (χ4n) is 2.85. The number of fused-ring (bicyclic) bond motifs is 2. The molecule has 0 aromatic heterocycles. The van der Waals surface area contributed by atoms with Crippen molar-refractivity contribution in [1.82, 2.24) is 4.72 Å². The van der Waals surface area contributed by atoms with E-state index in [1.165, 1.54) is 19.1 Å². The van der Waals surface area contributed by atoms with Crippen molar-refractivity contribution in [3.63, 3.8) is 0 Å². The third kappa shape index (κ3) is 3.05. The highest BCUT2D eigenvalue weighted by Crippen LogP contribution is 2.45. The summed E-state index contributed by atoms with van der Waals surface area (Å²) in [6, 6.07) is 0. The van der Waals surface area contributed by atoms with E-state index in [1.807, 2.05) is 0 Å². The number of allylic oxidation sites excluding steroid dienone is 2. The minimum Gasteiger partial charge on any atom is -0.215 e. The predicted molar refractivity (Wildman–Crippen MR) is 60.9 cm³/mol. The molecule has 4 heteroatoms. The highest BCUT2D eigenvalue weighted by Gasteiger charge is 2.34. The maximum Gasteiger partial charge on any atom is 0.208 e. The van der Waals surface area contributed by atoms with Crippen LogP contribution < -0.4 is 4.72 Å². The van der Waals surface area contributed by atoms with E-state index >= 15 is 0 Å². The van der Waals surface area contributed by atoms with E-state index < -0.39 is 10.0 Å². The summed E-state index contributed by atoms with van der Waals surface area (Å²) in [6.45, 7) is 0.594. The summed E-state index contributed by atoms with van der Waals surface area (Å²) >= 11 is 0. The molecule has 0 aromatic rings. The first kappa shape index (κ1) is 11.1.